The third-order valence-corrected chi connectivity index (χ3v) is 16.6. The molecular formula is C52H92O10. The minimum absolute atomic E-state index is 0.00131. The van der Waals surface area contributed by atoms with Crippen LogP contribution in [0.15, 0.2) is 12.2 Å². The van der Waals surface area contributed by atoms with Crippen LogP contribution < -0.4 is 0 Å². The van der Waals surface area contributed by atoms with Gasteiger partial charge in [-0.1, -0.05) is 94.7 Å². The molecule has 0 radical (unpaired) electrons. The first-order valence-corrected chi connectivity index (χ1v) is 25.2. The van der Waals surface area contributed by atoms with Gasteiger partial charge in [0.2, 0.25) is 0 Å². The van der Waals surface area contributed by atoms with E-state index in [4.69, 9.17) is 23.7 Å². The Hall–Kier alpha value is -1.40. The summed E-state index contributed by atoms with van der Waals surface area (Å²) >= 11 is 0. The van der Waals surface area contributed by atoms with Crippen LogP contribution in [0.5, 0.6) is 0 Å². The molecule has 62 heavy (non-hydrogen) atoms. The summed E-state index contributed by atoms with van der Waals surface area (Å²) in [5, 5.41) is 34.5. The van der Waals surface area contributed by atoms with Gasteiger partial charge in [-0.2, -0.15) is 0 Å². The number of ketones is 1. The van der Waals surface area contributed by atoms with E-state index >= 15 is 0 Å². The first-order chi connectivity index (χ1) is 29.0. The topological polar surface area (TPSA) is 141 Å². The number of esters is 1. The van der Waals surface area contributed by atoms with E-state index in [1.165, 1.54) is 0 Å². The van der Waals surface area contributed by atoms with Crippen LogP contribution in [0.4, 0.5) is 0 Å². The predicted molar refractivity (Wildman–Crippen MR) is 245 cm³/mol. The Labute approximate surface area is 377 Å². The Balaban J connectivity index is 1.38. The van der Waals surface area contributed by atoms with Crippen LogP contribution in [0, 0.1) is 47.3 Å². The van der Waals surface area contributed by atoms with Crippen LogP contribution in [-0.2, 0) is 33.3 Å². The molecule has 0 bridgehead atoms. The average molecular weight is 877 g/mol. The molecule has 0 aromatic carbocycles. The maximum Gasteiger partial charge on any atom is 0.311 e. The summed E-state index contributed by atoms with van der Waals surface area (Å²) in [6, 6.07) is 0. The van der Waals surface area contributed by atoms with Gasteiger partial charge >= 0.3 is 5.97 Å². The molecule has 18 atom stereocenters. The summed E-state index contributed by atoms with van der Waals surface area (Å²) in [6.07, 6.45) is 12.5. The summed E-state index contributed by atoms with van der Waals surface area (Å²) in [5.74, 6) is -2.20. The lowest BCUT2D eigenvalue weighted by molar-refractivity contribution is -0.272. The standard InChI is InChI=1S/C52H92O10/c1-15-39(22-19-21-32(5)6)58-48(55)40(16-2)43-25-24-33(7)47(59-43)37(11)45(53)36(10)46(54)41(17-3)50(14)35(9)31-34(8)42(61-50)23-20-27-52(57)28-26-44(62-52)49(13)29-30-51(56,18-4)38(12)60-49/h20,23,32-45,47,53,56-57H,15-19,21-22,24-31H2,1-14H3/b23-20-/t33-,34+,35-,36-,37-,38-,39?,40+,41-,42-,43+,44?,45+,47?,49+,50-,51+,52+/m0/s1. The smallest absolute Gasteiger partial charge is 0.311 e. The average Bonchev–Trinajstić information content (AvgIpc) is 3.63. The van der Waals surface area contributed by atoms with Crippen molar-refractivity contribution in [2.24, 2.45) is 47.3 Å². The highest BCUT2D eigenvalue weighted by atomic mass is 16.7. The summed E-state index contributed by atoms with van der Waals surface area (Å²) in [7, 11) is 0. The van der Waals surface area contributed by atoms with Crippen molar-refractivity contribution in [1.29, 1.82) is 0 Å². The second-order valence-electron chi connectivity index (χ2n) is 21.6. The van der Waals surface area contributed by atoms with Gasteiger partial charge in [-0.15, -0.1) is 0 Å². The molecule has 10 heteroatoms. The Kier molecular flexibility index (Phi) is 19.2. The molecule has 4 fully saturated rings. The fraction of sp³-hybridized carbons (Fsp3) is 0.923. The zero-order valence-electron chi connectivity index (χ0n) is 41.6. The molecule has 4 heterocycles. The lowest BCUT2D eigenvalue weighted by atomic mass is 9.67. The van der Waals surface area contributed by atoms with Crippen molar-refractivity contribution in [3.63, 3.8) is 0 Å². The number of ether oxygens (including phenoxy) is 5. The lowest BCUT2D eigenvalue weighted by Crippen LogP contribution is -2.57. The van der Waals surface area contributed by atoms with Crippen LogP contribution in [-0.4, -0.2) is 92.4 Å². The molecule has 4 saturated heterocycles. The molecule has 360 valence electrons. The Morgan fingerprint density at radius 3 is 2.13 bits per heavy atom. The third kappa shape index (κ3) is 12.3. The fourth-order valence-corrected chi connectivity index (χ4v) is 11.6. The van der Waals surface area contributed by atoms with Gasteiger partial charge in [0.05, 0.1) is 59.3 Å². The van der Waals surface area contributed by atoms with E-state index in [9.17, 15) is 24.9 Å². The van der Waals surface area contributed by atoms with Gasteiger partial charge in [0.25, 0.3) is 0 Å². The van der Waals surface area contributed by atoms with E-state index in [0.717, 1.165) is 44.9 Å². The number of aliphatic hydroxyl groups excluding tert-OH is 1. The number of carbonyl (C=O) groups is 2. The molecule has 4 aliphatic heterocycles. The van der Waals surface area contributed by atoms with Crippen molar-refractivity contribution >= 4 is 11.8 Å². The molecule has 0 spiro atoms. The number of Topliss-reactive ketones (excluding diaryl/α,β-unsaturated/α-hetero) is 1. The molecular weight excluding hydrogens is 785 g/mol. The van der Waals surface area contributed by atoms with Crippen LogP contribution in [0.3, 0.4) is 0 Å². The predicted octanol–water partition coefficient (Wildman–Crippen LogP) is 10.3. The highest BCUT2D eigenvalue weighted by Crippen LogP contribution is 2.47. The minimum atomic E-state index is -1.32. The number of hydrogen-bond donors (Lipinski definition) is 3. The van der Waals surface area contributed by atoms with Crippen molar-refractivity contribution in [3.8, 4) is 0 Å². The largest absolute Gasteiger partial charge is 0.462 e. The van der Waals surface area contributed by atoms with E-state index in [1.807, 2.05) is 60.6 Å². The highest BCUT2D eigenvalue weighted by Gasteiger charge is 2.54. The molecule has 3 unspecified atom stereocenters. The van der Waals surface area contributed by atoms with Gasteiger partial charge in [-0.3, -0.25) is 9.59 Å². The van der Waals surface area contributed by atoms with Crippen LogP contribution in [0.2, 0.25) is 0 Å². The van der Waals surface area contributed by atoms with Crippen molar-refractivity contribution < 1.29 is 48.6 Å². The van der Waals surface area contributed by atoms with Gasteiger partial charge in [0, 0.05) is 30.6 Å². The van der Waals surface area contributed by atoms with E-state index < -0.39 is 40.5 Å². The van der Waals surface area contributed by atoms with Crippen molar-refractivity contribution in [2.45, 2.75) is 259 Å². The van der Waals surface area contributed by atoms with E-state index in [0.29, 0.717) is 57.3 Å². The van der Waals surface area contributed by atoms with Crippen molar-refractivity contribution in [3.05, 3.63) is 12.2 Å². The zero-order chi connectivity index (χ0) is 46.4. The van der Waals surface area contributed by atoms with Gasteiger partial charge < -0.3 is 39.0 Å². The molecule has 0 aromatic heterocycles. The van der Waals surface area contributed by atoms with Crippen molar-refractivity contribution in [1.82, 2.24) is 0 Å². The molecule has 10 nitrogen and oxygen atoms in total. The highest BCUT2D eigenvalue weighted by molar-refractivity contribution is 5.85. The summed E-state index contributed by atoms with van der Waals surface area (Å²) in [4.78, 5) is 28.2. The number of carbonyl (C=O) groups excluding carboxylic acids is 2. The summed E-state index contributed by atoms with van der Waals surface area (Å²) < 4.78 is 32.6. The summed E-state index contributed by atoms with van der Waals surface area (Å²) in [5.41, 5.74) is -2.19. The Bertz CT molecular complexity index is 1450. The van der Waals surface area contributed by atoms with E-state index in [1.54, 1.807) is 0 Å². The lowest BCUT2D eigenvalue weighted by Gasteiger charge is -2.50. The molecule has 0 aromatic rings. The first kappa shape index (κ1) is 53.2. The van der Waals surface area contributed by atoms with E-state index in [2.05, 4.69) is 48.5 Å². The first-order valence-electron chi connectivity index (χ1n) is 25.2. The van der Waals surface area contributed by atoms with Crippen LogP contribution in [0.25, 0.3) is 0 Å². The Morgan fingerprint density at radius 2 is 1.53 bits per heavy atom. The normalized spacial score (nSPS) is 39.9. The maximum absolute atomic E-state index is 14.6. The molecule has 4 aliphatic rings. The van der Waals surface area contributed by atoms with Crippen molar-refractivity contribution in [2.75, 3.05) is 0 Å². The molecule has 0 saturated carbocycles. The minimum Gasteiger partial charge on any atom is -0.462 e. The van der Waals surface area contributed by atoms with Gasteiger partial charge in [-0.25, -0.2) is 0 Å². The number of hydrogen-bond acceptors (Lipinski definition) is 10. The monoisotopic (exact) mass is 877 g/mol. The molecule has 4 rings (SSSR count). The Morgan fingerprint density at radius 1 is 0.839 bits per heavy atom. The second kappa shape index (κ2) is 22.4. The number of aliphatic hydroxyl groups is 3. The molecule has 0 aliphatic carbocycles. The third-order valence-electron chi connectivity index (χ3n) is 16.6. The maximum atomic E-state index is 14.6. The quantitative estimate of drug-likeness (QED) is 0.0754. The second-order valence-corrected chi connectivity index (χ2v) is 21.6. The van der Waals surface area contributed by atoms with E-state index in [-0.39, 0.29) is 78.0 Å². The molecule has 3 N–H and O–H groups in total. The summed E-state index contributed by atoms with van der Waals surface area (Å²) in [6.45, 7) is 28.9. The van der Waals surface area contributed by atoms with Gasteiger partial charge in [0.1, 0.15) is 11.9 Å². The van der Waals surface area contributed by atoms with Gasteiger partial charge in [0.15, 0.2) is 5.79 Å². The van der Waals surface area contributed by atoms with Crippen LogP contribution >= 0.6 is 0 Å². The molecule has 0 amide bonds. The SMILES string of the molecule is CCC(CCCC(C)C)OC(=O)[C@H](CC)[C@H]1CC[C@H](C)C([C@@H](C)[C@H](O)[C@H](C)C(=O)[C@H](CC)[C@@]2(C)O[C@@H](/C=C\C[C@]3(O)CCC([C@@]4(C)CC[C@](O)(CC)[C@H](C)O4)O3)[C@H](C)C[C@@H]2C)O1. The zero-order valence-corrected chi connectivity index (χ0v) is 41.6. The fourth-order valence-electron chi connectivity index (χ4n) is 11.6. The van der Waals surface area contributed by atoms with Gasteiger partial charge in [-0.05, 0) is 121 Å². The number of rotatable bonds is 21. The van der Waals surface area contributed by atoms with Crippen LogP contribution in [0.1, 0.15) is 193 Å².